The Bertz CT molecular complexity index is 369. The molecule has 0 amide bonds. The molecular formula is C16H29N3O. The SMILES string of the molecule is CCCCCCCCOc1ncnc(NCC)c1CC. The molecule has 1 rings (SSSR count). The third-order valence-corrected chi connectivity index (χ3v) is 3.34. The van der Waals surface area contributed by atoms with Crippen LogP contribution in [0.5, 0.6) is 5.88 Å². The number of nitrogens with zero attached hydrogens (tertiary/aromatic N) is 2. The van der Waals surface area contributed by atoms with Crippen LogP contribution >= 0.6 is 0 Å². The average Bonchev–Trinajstić information content (AvgIpc) is 2.47. The van der Waals surface area contributed by atoms with Crippen LogP contribution in [0.1, 0.15) is 64.9 Å². The summed E-state index contributed by atoms with van der Waals surface area (Å²) in [7, 11) is 0. The Morgan fingerprint density at radius 2 is 1.75 bits per heavy atom. The van der Waals surface area contributed by atoms with Crippen molar-refractivity contribution in [2.24, 2.45) is 0 Å². The third-order valence-electron chi connectivity index (χ3n) is 3.34. The standard InChI is InChI=1S/C16H29N3O/c1-4-7-8-9-10-11-12-20-16-14(5-2)15(17-6-3)18-13-19-16/h13H,4-12H2,1-3H3,(H,17,18,19). The number of ether oxygens (including phenoxy) is 1. The van der Waals surface area contributed by atoms with E-state index in [1.165, 1.54) is 32.1 Å². The van der Waals surface area contributed by atoms with E-state index >= 15 is 0 Å². The molecule has 0 bridgehead atoms. The largest absolute Gasteiger partial charge is 0.477 e. The highest BCUT2D eigenvalue weighted by Crippen LogP contribution is 2.22. The van der Waals surface area contributed by atoms with Crippen LogP contribution < -0.4 is 10.1 Å². The second-order valence-electron chi connectivity index (χ2n) is 5.01. The Hall–Kier alpha value is -1.32. The van der Waals surface area contributed by atoms with E-state index in [1.54, 1.807) is 6.33 Å². The molecule has 1 aromatic rings. The molecule has 0 saturated carbocycles. The minimum Gasteiger partial charge on any atom is -0.477 e. The summed E-state index contributed by atoms with van der Waals surface area (Å²) < 4.78 is 5.83. The molecule has 20 heavy (non-hydrogen) atoms. The lowest BCUT2D eigenvalue weighted by molar-refractivity contribution is 0.290. The first-order valence-corrected chi connectivity index (χ1v) is 8.03. The smallest absolute Gasteiger partial charge is 0.221 e. The van der Waals surface area contributed by atoms with Gasteiger partial charge in [-0.15, -0.1) is 0 Å². The molecule has 4 nitrogen and oxygen atoms in total. The van der Waals surface area contributed by atoms with E-state index < -0.39 is 0 Å². The second kappa shape index (κ2) is 10.5. The van der Waals surface area contributed by atoms with Crippen molar-refractivity contribution in [1.82, 2.24) is 9.97 Å². The van der Waals surface area contributed by atoms with Gasteiger partial charge in [0.25, 0.3) is 0 Å². The van der Waals surface area contributed by atoms with Crippen LogP contribution in [0.3, 0.4) is 0 Å². The summed E-state index contributed by atoms with van der Waals surface area (Å²) in [6.07, 6.45) is 10.1. The monoisotopic (exact) mass is 279 g/mol. The van der Waals surface area contributed by atoms with Crippen LogP contribution in [0, 0.1) is 0 Å². The Morgan fingerprint density at radius 1 is 1.00 bits per heavy atom. The van der Waals surface area contributed by atoms with E-state index in [0.29, 0.717) is 0 Å². The fourth-order valence-electron chi connectivity index (χ4n) is 2.21. The fraction of sp³-hybridized carbons (Fsp3) is 0.750. The van der Waals surface area contributed by atoms with Crippen LogP contribution in [0.15, 0.2) is 6.33 Å². The lowest BCUT2D eigenvalue weighted by Gasteiger charge is -2.12. The predicted octanol–water partition coefficient (Wildman–Crippen LogP) is 4.21. The zero-order valence-electron chi connectivity index (χ0n) is 13.2. The van der Waals surface area contributed by atoms with Gasteiger partial charge in [0.05, 0.1) is 12.2 Å². The molecule has 0 atom stereocenters. The molecule has 0 unspecified atom stereocenters. The van der Waals surface area contributed by atoms with E-state index in [1.807, 2.05) is 0 Å². The van der Waals surface area contributed by atoms with Gasteiger partial charge in [0, 0.05) is 6.54 Å². The molecule has 0 spiro atoms. The summed E-state index contributed by atoms with van der Waals surface area (Å²) in [5.74, 6) is 1.65. The quantitative estimate of drug-likeness (QED) is 0.616. The Balaban J connectivity index is 2.37. The van der Waals surface area contributed by atoms with Gasteiger partial charge in [0.15, 0.2) is 0 Å². The number of aromatic nitrogens is 2. The van der Waals surface area contributed by atoms with Crippen molar-refractivity contribution >= 4 is 5.82 Å². The number of hydrogen-bond acceptors (Lipinski definition) is 4. The van der Waals surface area contributed by atoms with Crippen LogP contribution in [0.2, 0.25) is 0 Å². The van der Waals surface area contributed by atoms with Gasteiger partial charge in [0.1, 0.15) is 12.1 Å². The molecule has 0 fully saturated rings. The van der Waals surface area contributed by atoms with Gasteiger partial charge in [-0.3, -0.25) is 0 Å². The topological polar surface area (TPSA) is 47.0 Å². The lowest BCUT2D eigenvalue weighted by atomic mass is 10.1. The molecule has 1 heterocycles. The highest BCUT2D eigenvalue weighted by atomic mass is 16.5. The molecule has 0 aromatic carbocycles. The summed E-state index contributed by atoms with van der Waals surface area (Å²) in [5.41, 5.74) is 1.08. The summed E-state index contributed by atoms with van der Waals surface area (Å²) in [4.78, 5) is 8.54. The van der Waals surface area contributed by atoms with Crippen molar-refractivity contribution in [3.8, 4) is 5.88 Å². The maximum atomic E-state index is 5.83. The van der Waals surface area contributed by atoms with Crippen LogP contribution in [0.4, 0.5) is 5.82 Å². The number of anilines is 1. The molecule has 1 aromatic heterocycles. The maximum Gasteiger partial charge on any atom is 0.221 e. The van der Waals surface area contributed by atoms with Gasteiger partial charge >= 0.3 is 0 Å². The molecule has 4 heteroatoms. The Morgan fingerprint density at radius 3 is 2.45 bits per heavy atom. The summed E-state index contributed by atoms with van der Waals surface area (Å²) in [6.45, 7) is 8.03. The van der Waals surface area contributed by atoms with Gasteiger partial charge in [-0.25, -0.2) is 9.97 Å². The van der Waals surface area contributed by atoms with Gasteiger partial charge < -0.3 is 10.1 Å². The first-order chi connectivity index (χ1) is 9.83. The molecule has 0 radical (unpaired) electrons. The zero-order chi connectivity index (χ0) is 14.6. The summed E-state index contributed by atoms with van der Waals surface area (Å²) >= 11 is 0. The van der Waals surface area contributed by atoms with Crippen molar-refractivity contribution in [3.05, 3.63) is 11.9 Å². The number of hydrogen-bond donors (Lipinski definition) is 1. The molecule has 0 aliphatic carbocycles. The van der Waals surface area contributed by atoms with E-state index in [4.69, 9.17) is 4.74 Å². The molecule has 0 aliphatic heterocycles. The van der Waals surface area contributed by atoms with Crippen LogP contribution in [0.25, 0.3) is 0 Å². The molecule has 0 aliphatic rings. The van der Waals surface area contributed by atoms with Crippen molar-refractivity contribution in [1.29, 1.82) is 0 Å². The number of rotatable bonds is 11. The highest BCUT2D eigenvalue weighted by Gasteiger charge is 2.10. The zero-order valence-corrected chi connectivity index (χ0v) is 13.2. The van der Waals surface area contributed by atoms with Gasteiger partial charge in [-0.05, 0) is 19.8 Å². The Labute approximate surface area is 123 Å². The van der Waals surface area contributed by atoms with Crippen molar-refractivity contribution in [2.75, 3.05) is 18.5 Å². The normalized spacial score (nSPS) is 10.6. The van der Waals surface area contributed by atoms with E-state index in [-0.39, 0.29) is 0 Å². The van der Waals surface area contributed by atoms with E-state index in [0.717, 1.165) is 43.3 Å². The minimum atomic E-state index is 0.743. The number of unbranched alkanes of at least 4 members (excludes halogenated alkanes) is 5. The second-order valence-corrected chi connectivity index (χ2v) is 5.01. The first-order valence-electron chi connectivity index (χ1n) is 8.03. The average molecular weight is 279 g/mol. The number of nitrogens with one attached hydrogen (secondary N) is 1. The molecule has 1 N–H and O–H groups in total. The van der Waals surface area contributed by atoms with Crippen molar-refractivity contribution in [3.63, 3.8) is 0 Å². The summed E-state index contributed by atoms with van der Waals surface area (Å²) in [5, 5.41) is 3.26. The van der Waals surface area contributed by atoms with Gasteiger partial charge in [-0.2, -0.15) is 0 Å². The fourth-order valence-corrected chi connectivity index (χ4v) is 2.21. The van der Waals surface area contributed by atoms with E-state index in [9.17, 15) is 0 Å². The van der Waals surface area contributed by atoms with Crippen molar-refractivity contribution < 1.29 is 4.74 Å². The van der Waals surface area contributed by atoms with Crippen molar-refractivity contribution in [2.45, 2.75) is 65.7 Å². The minimum absolute atomic E-state index is 0.743. The summed E-state index contributed by atoms with van der Waals surface area (Å²) in [6, 6.07) is 0. The van der Waals surface area contributed by atoms with Crippen LogP contribution in [-0.2, 0) is 6.42 Å². The van der Waals surface area contributed by atoms with Crippen LogP contribution in [-0.4, -0.2) is 23.1 Å². The Kier molecular flexibility index (Phi) is 8.76. The molecule has 0 saturated heterocycles. The highest BCUT2D eigenvalue weighted by molar-refractivity contribution is 5.48. The lowest BCUT2D eigenvalue weighted by Crippen LogP contribution is -2.08. The third kappa shape index (κ3) is 5.76. The maximum absolute atomic E-state index is 5.83. The molecule has 114 valence electrons. The molecular weight excluding hydrogens is 250 g/mol. The van der Waals surface area contributed by atoms with E-state index in [2.05, 4.69) is 36.1 Å². The first kappa shape index (κ1) is 16.7. The predicted molar refractivity (Wildman–Crippen MR) is 84.4 cm³/mol. The van der Waals surface area contributed by atoms with Gasteiger partial charge in [0.2, 0.25) is 5.88 Å². The van der Waals surface area contributed by atoms with Gasteiger partial charge in [-0.1, -0.05) is 46.0 Å².